The minimum absolute atomic E-state index is 0.774. The van der Waals surface area contributed by atoms with Gasteiger partial charge in [0.15, 0.2) is 0 Å². The Bertz CT molecular complexity index is 581. The van der Waals surface area contributed by atoms with E-state index in [1.807, 2.05) is 6.20 Å². The third-order valence-corrected chi connectivity index (χ3v) is 5.67. The molecular weight excluding hydrogens is 302 g/mol. The van der Waals surface area contributed by atoms with Gasteiger partial charge in [0.2, 0.25) is 0 Å². The molecular formula is C19H27N3S. The topological polar surface area (TPSA) is 28.2 Å². The fraction of sp³-hybridized carbons (Fsp3) is 0.526. The molecule has 0 amide bonds. The molecule has 1 aromatic heterocycles. The summed E-state index contributed by atoms with van der Waals surface area (Å²) in [6.45, 7) is 6.83. The minimum Gasteiger partial charge on any atom is -0.310 e. The molecule has 124 valence electrons. The Kier molecular flexibility index (Phi) is 6.20. The lowest BCUT2D eigenvalue weighted by molar-refractivity contribution is 0.159. The van der Waals surface area contributed by atoms with Gasteiger partial charge in [0.05, 0.1) is 4.88 Å². The fourth-order valence-electron chi connectivity index (χ4n) is 3.22. The van der Waals surface area contributed by atoms with Crippen LogP contribution in [0, 0.1) is 0 Å². The van der Waals surface area contributed by atoms with Gasteiger partial charge in [-0.15, -0.1) is 11.3 Å². The number of nitrogens with one attached hydrogen (secondary N) is 1. The van der Waals surface area contributed by atoms with Crippen LogP contribution in [0.15, 0.2) is 36.5 Å². The molecule has 3 nitrogen and oxygen atoms in total. The van der Waals surface area contributed by atoms with Crippen molar-refractivity contribution in [1.29, 1.82) is 0 Å². The van der Waals surface area contributed by atoms with Crippen molar-refractivity contribution >= 4 is 11.3 Å². The molecule has 4 heteroatoms. The molecule has 1 fully saturated rings. The molecule has 3 rings (SSSR count). The van der Waals surface area contributed by atoms with E-state index in [1.54, 1.807) is 11.3 Å². The molecule has 1 N–H and O–H groups in total. The first-order chi connectivity index (χ1) is 11.3. The van der Waals surface area contributed by atoms with Gasteiger partial charge in [0.1, 0.15) is 5.01 Å². The van der Waals surface area contributed by atoms with Crippen LogP contribution < -0.4 is 5.32 Å². The van der Waals surface area contributed by atoms with Crippen LogP contribution >= 0.6 is 11.3 Å². The highest BCUT2D eigenvalue weighted by atomic mass is 32.1. The number of likely N-dealkylation sites (tertiary alicyclic amines) is 1. The molecule has 1 aromatic carbocycles. The molecule has 2 aromatic rings. The van der Waals surface area contributed by atoms with Crippen LogP contribution in [0.5, 0.6) is 0 Å². The standard InChI is InChI=1S/C19H27N3S/c1-16-8-5-6-12-22(16)13-7-11-20-15-19-21-14-18(23-19)17-9-3-2-4-10-17/h2-4,9-10,14,16,20H,5-8,11-13,15H2,1H3. The van der Waals surface area contributed by atoms with Crippen LogP contribution in [0.4, 0.5) is 0 Å². The molecule has 1 saturated heterocycles. The van der Waals surface area contributed by atoms with E-state index in [-0.39, 0.29) is 0 Å². The summed E-state index contributed by atoms with van der Waals surface area (Å²) in [4.78, 5) is 8.43. The van der Waals surface area contributed by atoms with Crippen molar-refractivity contribution in [3.8, 4) is 10.4 Å². The summed E-state index contributed by atoms with van der Waals surface area (Å²) < 4.78 is 0. The van der Waals surface area contributed by atoms with Crippen molar-refractivity contribution in [2.45, 2.75) is 45.2 Å². The van der Waals surface area contributed by atoms with Crippen LogP contribution in [0.2, 0.25) is 0 Å². The van der Waals surface area contributed by atoms with E-state index < -0.39 is 0 Å². The third-order valence-electron chi connectivity index (χ3n) is 4.63. The normalized spacial score (nSPS) is 19.1. The number of benzene rings is 1. The number of hydrogen-bond donors (Lipinski definition) is 1. The lowest BCUT2D eigenvalue weighted by Crippen LogP contribution is -2.38. The van der Waals surface area contributed by atoms with E-state index in [0.29, 0.717) is 0 Å². The number of hydrogen-bond acceptors (Lipinski definition) is 4. The molecule has 1 aliphatic rings. The molecule has 23 heavy (non-hydrogen) atoms. The Labute approximate surface area is 143 Å². The van der Waals surface area contributed by atoms with E-state index in [1.165, 1.54) is 54.2 Å². The zero-order valence-corrected chi connectivity index (χ0v) is 14.8. The third kappa shape index (κ3) is 4.87. The van der Waals surface area contributed by atoms with Crippen molar-refractivity contribution in [3.05, 3.63) is 41.5 Å². The number of rotatable bonds is 7. The summed E-state index contributed by atoms with van der Waals surface area (Å²) in [6, 6.07) is 11.3. The fourth-order valence-corrected chi connectivity index (χ4v) is 4.11. The van der Waals surface area contributed by atoms with Crippen LogP contribution in [0.3, 0.4) is 0 Å². The predicted molar refractivity (Wildman–Crippen MR) is 98.8 cm³/mol. The summed E-state index contributed by atoms with van der Waals surface area (Å²) in [6.07, 6.45) is 7.37. The van der Waals surface area contributed by atoms with Crippen LogP contribution in [-0.4, -0.2) is 35.6 Å². The Morgan fingerprint density at radius 2 is 2.13 bits per heavy atom. The lowest BCUT2D eigenvalue weighted by atomic mass is 10.0. The van der Waals surface area contributed by atoms with Crippen molar-refractivity contribution in [2.75, 3.05) is 19.6 Å². The van der Waals surface area contributed by atoms with Crippen LogP contribution in [0.1, 0.15) is 37.6 Å². The van der Waals surface area contributed by atoms with Crippen molar-refractivity contribution in [1.82, 2.24) is 15.2 Å². The second-order valence-corrected chi connectivity index (χ2v) is 7.51. The maximum absolute atomic E-state index is 4.54. The molecule has 2 heterocycles. The zero-order valence-electron chi connectivity index (χ0n) is 14.0. The average molecular weight is 330 g/mol. The van der Waals surface area contributed by atoms with Crippen molar-refractivity contribution in [2.24, 2.45) is 0 Å². The highest BCUT2D eigenvalue weighted by Gasteiger charge is 2.16. The molecule has 1 unspecified atom stereocenters. The van der Waals surface area contributed by atoms with Gasteiger partial charge in [-0.2, -0.15) is 0 Å². The Balaban J connectivity index is 1.37. The van der Waals surface area contributed by atoms with Gasteiger partial charge in [-0.3, -0.25) is 0 Å². The highest BCUT2D eigenvalue weighted by molar-refractivity contribution is 7.15. The number of piperidine rings is 1. The first-order valence-corrected chi connectivity index (χ1v) is 9.59. The molecule has 0 radical (unpaired) electrons. The summed E-state index contributed by atoms with van der Waals surface area (Å²) in [5.41, 5.74) is 1.26. The van der Waals surface area contributed by atoms with Gasteiger partial charge in [-0.05, 0) is 51.4 Å². The van der Waals surface area contributed by atoms with Gasteiger partial charge in [-0.25, -0.2) is 4.98 Å². The van der Waals surface area contributed by atoms with Gasteiger partial charge < -0.3 is 10.2 Å². The molecule has 0 saturated carbocycles. The first-order valence-electron chi connectivity index (χ1n) is 8.78. The number of thiazole rings is 1. The Morgan fingerprint density at radius 3 is 2.96 bits per heavy atom. The highest BCUT2D eigenvalue weighted by Crippen LogP contribution is 2.25. The van der Waals surface area contributed by atoms with Crippen molar-refractivity contribution < 1.29 is 0 Å². The van der Waals surface area contributed by atoms with Gasteiger partial charge in [0, 0.05) is 18.8 Å². The molecule has 1 aliphatic heterocycles. The minimum atomic E-state index is 0.774. The lowest BCUT2D eigenvalue weighted by Gasteiger charge is -2.33. The monoisotopic (exact) mass is 329 g/mol. The number of aromatic nitrogens is 1. The molecule has 0 aliphatic carbocycles. The van der Waals surface area contributed by atoms with E-state index in [0.717, 1.165) is 19.1 Å². The molecule has 1 atom stereocenters. The predicted octanol–water partition coefficient (Wildman–Crippen LogP) is 4.16. The van der Waals surface area contributed by atoms with E-state index in [9.17, 15) is 0 Å². The first kappa shape index (κ1) is 16.6. The Hall–Kier alpha value is -1.23. The summed E-state index contributed by atoms with van der Waals surface area (Å²) in [7, 11) is 0. The zero-order chi connectivity index (χ0) is 15.9. The van der Waals surface area contributed by atoms with Gasteiger partial charge in [0.25, 0.3) is 0 Å². The maximum atomic E-state index is 4.54. The van der Waals surface area contributed by atoms with Crippen LogP contribution in [-0.2, 0) is 6.54 Å². The van der Waals surface area contributed by atoms with Crippen molar-refractivity contribution in [3.63, 3.8) is 0 Å². The SMILES string of the molecule is CC1CCCCN1CCCNCc1ncc(-c2ccccc2)s1. The van der Waals surface area contributed by atoms with Gasteiger partial charge in [-0.1, -0.05) is 36.8 Å². The summed E-state index contributed by atoms with van der Waals surface area (Å²) in [5.74, 6) is 0. The van der Waals surface area contributed by atoms with Gasteiger partial charge >= 0.3 is 0 Å². The number of nitrogens with zero attached hydrogens (tertiary/aromatic N) is 2. The second kappa shape index (κ2) is 8.57. The smallest absolute Gasteiger partial charge is 0.107 e. The maximum Gasteiger partial charge on any atom is 0.107 e. The van der Waals surface area contributed by atoms with Crippen LogP contribution in [0.25, 0.3) is 10.4 Å². The Morgan fingerprint density at radius 1 is 1.26 bits per heavy atom. The van der Waals surface area contributed by atoms with E-state index in [4.69, 9.17) is 0 Å². The largest absolute Gasteiger partial charge is 0.310 e. The quantitative estimate of drug-likeness (QED) is 0.773. The summed E-state index contributed by atoms with van der Waals surface area (Å²) >= 11 is 1.79. The summed E-state index contributed by atoms with van der Waals surface area (Å²) in [5, 5.41) is 4.72. The molecule has 0 spiro atoms. The van der Waals surface area contributed by atoms with E-state index >= 15 is 0 Å². The van der Waals surface area contributed by atoms with E-state index in [2.05, 4.69) is 52.5 Å². The average Bonchev–Trinajstić information content (AvgIpc) is 3.06. The second-order valence-electron chi connectivity index (χ2n) is 6.40. The molecule has 0 bridgehead atoms.